The Morgan fingerprint density at radius 2 is 2.16 bits per heavy atom. The van der Waals surface area contributed by atoms with Crippen LogP contribution in [0.3, 0.4) is 0 Å². The van der Waals surface area contributed by atoms with Gasteiger partial charge in [-0.15, -0.1) is 0 Å². The molecule has 1 aromatic carbocycles. The van der Waals surface area contributed by atoms with Gasteiger partial charge in [-0.3, -0.25) is 0 Å². The summed E-state index contributed by atoms with van der Waals surface area (Å²) in [5.41, 5.74) is 2.78. The van der Waals surface area contributed by atoms with Gasteiger partial charge in [-0.1, -0.05) is 0 Å². The third kappa shape index (κ3) is 2.58. The predicted molar refractivity (Wildman–Crippen MR) is 76.4 cm³/mol. The number of nitrogens with one attached hydrogen (secondary N) is 1. The van der Waals surface area contributed by atoms with Gasteiger partial charge >= 0.3 is 123 Å². The molecule has 5 nitrogen and oxygen atoms in total. The molecule has 2 heterocycles. The summed E-state index contributed by atoms with van der Waals surface area (Å²) >= 11 is 3.18. The summed E-state index contributed by atoms with van der Waals surface area (Å²) in [5.74, 6) is -0.211. The van der Waals surface area contributed by atoms with Crippen molar-refractivity contribution >= 4 is 53.5 Å². The number of anilines is 1. The number of hydrogen-bond donors (Lipinski definition) is 1. The van der Waals surface area contributed by atoms with Crippen molar-refractivity contribution in [3.8, 4) is 0 Å². The molecule has 19 heavy (non-hydrogen) atoms. The van der Waals surface area contributed by atoms with Gasteiger partial charge in [0.15, 0.2) is 0 Å². The van der Waals surface area contributed by atoms with Gasteiger partial charge < -0.3 is 0 Å². The van der Waals surface area contributed by atoms with Crippen molar-refractivity contribution in [3.05, 3.63) is 46.7 Å². The summed E-state index contributed by atoms with van der Waals surface area (Å²) in [5, 5.41) is 2.84. The van der Waals surface area contributed by atoms with Gasteiger partial charge in [-0.05, 0) is 0 Å². The zero-order chi connectivity index (χ0) is 13.2. The van der Waals surface area contributed by atoms with Gasteiger partial charge in [-0.25, -0.2) is 0 Å². The van der Waals surface area contributed by atoms with Gasteiger partial charge in [0.1, 0.15) is 0 Å². The molecule has 0 unspecified atom stereocenters. The van der Waals surface area contributed by atoms with Gasteiger partial charge in [0.25, 0.3) is 0 Å². The van der Waals surface area contributed by atoms with Gasteiger partial charge in [0.2, 0.25) is 0 Å². The van der Waals surface area contributed by atoms with Crippen molar-refractivity contribution in [2.75, 3.05) is 5.32 Å². The molecule has 94 valence electrons. The number of benzene rings is 1. The molecule has 0 bridgehead atoms. The van der Waals surface area contributed by atoms with E-state index in [-0.39, 0.29) is 20.9 Å². The quantitative estimate of drug-likeness (QED) is 0.690. The van der Waals surface area contributed by atoms with E-state index in [9.17, 15) is 4.79 Å². The van der Waals surface area contributed by atoms with Crippen LogP contribution < -0.4 is 5.32 Å². The first-order valence-corrected chi connectivity index (χ1v) is 7.70. The molecule has 3 aromatic rings. The monoisotopic (exact) mass is 382 g/mol. The summed E-state index contributed by atoms with van der Waals surface area (Å²) in [6.07, 6.45) is 3.16. The van der Waals surface area contributed by atoms with E-state index in [1.807, 2.05) is 18.2 Å². The van der Waals surface area contributed by atoms with Crippen molar-refractivity contribution < 1.29 is 4.79 Å². The van der Waals surface area contributed by atoms with Crippen molar-refractivity contribution in [1.29, 1.82) is 0 Å². The molecule has 0 radical (unpaired) electrons. The molecule has 7 heteroatoms. The van der Waals surface area contributed by atoms with E-state index in [0.29, 0.717) is 11.3 Å². The van der Waals surface area contributed by atoms with E-state index >= 15 is 0 Å². The number of pyridine rings is 1. The fourth-order valence-electron chi connectivity index (χ4n) is 1.64. The Kier molecular flexibility index (Phi) is 3.42. The maximum atomic E-state index is 12.1. The van der Waals surface area contributed by atoms with Crippen LogP contribution >= 0.6 is 15.9 Å². The van der Waals surface area contributed by atoms with Crippen LogP contribution in [0.15, 0.2) is 41.1 Å². The van der Waals surface area contributed by atoms with Crippen LogP contribution in [0.1, 0.15) is 10.4 Å². The third-order valence-corrected chi connectivity index (χ3v) is 4.07. The number of carbonyl (C=O) groups excluding carboxylic acids is 1. The molecule has 1 N–H and O–H groups in total. The fourth-order valence-corrected chi connectivity index (χ4v) is 3.16. The first-order valence-electron chi connectivity index (χ1n) is 5.37. The Morgan fingerprint density at radius 3 is 3.00 bits per heavy atom. The van der Waals surface area contributed by atoms with Crippen molar-refractivity contribution in [2.45, 2.75) is 0 Å². The molecule has 0 aliphatic rings. The number of carbonyl (C=O) groups is 1. The second kappa shape index (κ2) is 5.20. The number of aromatic nitrogens is 3. The third-order valence-electron chi connectivity index (χ3n) is 2.50. The zero-order valence-corrected chi connectivity index (χ0v) is 12.8. The van der Waals surface area contributed by atoms with Crippen LogP contribution in [0.5, 0.6) is 0 Å². The normalized spacial score (nSPS) is 10.6. The Labute approximate surface area is 123 Å². The second-order valence-electron chi connectivity index (χ2n) is 3.78. The van der Waals surface area contributed by atoms with Crippen molar-refractivity contribution in [1.82, 2.24) is 12.9 Å². The van der Waals surface area contributed by atoms with E-state index in [0.717, 1.165) is 15.5 Å². The van der Waals surface area contributed by atoms with Crippen molar-refractivity contribution in [2.24, 2.45) is 0 Å². The molecule has 0 saturated heterocycles. The molecule has 3 rings (SSSR count). The van der Waals surface area contributed by atoms with Crippen LogP contribution in [0.4, 0.5) is 5.69 Å². The molecule has 0 atom stereocenters. The van der Waals surface area contributed by atoms with E-state index in [4.69, 9.17) is 0 Å². The van der Waals surface area contributed by atoms with Gasteiger partial charge in [0, 0.05) is 0 Å². The number of amides is 1. The number of halogens is 1. The van der Waals surface area contributed by atoms with E-state index < -0.39 is 0 Å². The molecule has 0 aliphatic heterocycles. The predicted octanol–water partition coefficient (Wildman–Crippen LogP) is 2.10. The summed E-state index contributed by atoms with van der Waals surface area (Å²) in [6.45, 7) is 0. The average Bonchev–Trinajstić information content (AvgIpc) is 2.88. The molecule has 0 fully saturated rings. The minimum absolute atomic E-state index is 0.111. The SMILES string of the molecule is O=C(Nc1cccc2n[se]nc12)c1cncc(Br)c1. The van der Waals surface area contributed by atoms with Crippen LogP contribution in [-0.4, -0.2) is 33.8 Å². The van der Waals surface area contributed by atoms with Crippen LogP contribution in [-0.2, 0) is 0 Å². The number of hydrogen-bond acceptors (Lipinski definition) is 4. The molecular formula is C12H7BrN4OSe. The summed E-state index contributed by atoms with van der Waals surface area (Å²) in [4.78, 5) is 16.1. The second-order valence-corrected chi connectivity index (χ2v) is 5.81. The van der Waals surface area contributed by atoms with Crippen LogP contribution in [0.25, 0.3) is 11.0 Å². The molecule has 2 aromatic heterocycles. The van der Waals surface area contributed by atoms with E-state index in [1.165, 1.54) is 6.20 Å². The summed E-state index contributed by atoms with van der Waals surface area (Å²) < 4.78 is 9.36. The Balaban J connectivity index is 1.93. The Bertz CT molecular complexity index is 758. The van der Waals surface area contributed by atoms with Crippen LogP contribution in [0.2, 0.25) is 0 Å². The fraction of sp³-hybridized carbons (Fsp3) is 0. The standard InChI is InChI=1S/C12H7BrN4OSe/c13-8-4-7(5-14-6-8)12(18)15-9-2-1-3-10-11(9)17-19-16-10/h1-6H,(H,15,18). The topological polar surface area (TPSA) is 67.8 Å². The Morgan fingerprint density at radius 1 is 1.26 bits per heavy atom. The van der Waals surface area contributed by atoms with Gasteiger partial charge in [-0.2, -0.15) is 0 Å². The average molecular weight is 382 g/mol. The van der Waals surface area contributed by atoms with Gasteiger partial charge in [0.05, 0.1) is 0 Å². The Hall–Kier alpha value is -1.56. The summed E-state index contributed by atoms with van der Waals surface area (Å²) in [7, 11) is 0. The molecule has 0 saturated carbocycles. The molecule has 0 spiro atoms. The number of fused-ring (bicyclic) bond motifs is 1. The minimum atomic E-state index is -0.211. The zero-order valence-electron chi connectivity index (χ0n) is 9.50. The number of rotatable bonds is 2. The first kappa shape index (κ1) is 12.5. The number of nitrogens with zero attached hydrogens (tertiary/aromatic N) is 3. The van der Waals surface area contributed by atoms with Crippen LogP contribution in [0, 0.1) is 0 Å². The summed E-state index contributed by atoms with van der Waals surface area (Å²) in [6, 6.07) is 7.29. The molecular weight excluding hydrogens is 375 g/mol. The molecule has 0 aliphatic carbocycles. The van der Waals surface area contributed by atoms with E-state index in [2.05, 4.69) is 34.2 Å². The maximum absolute atomic E-state index is 12.1. The van der Waals surface area contributed by atoms with Crippen molar-refractivity contribution in [3.63, 3.8) is 0 Å². The first-order chi connectivity index (χ1) is 9.24. The van der Waals surface area contributed by atoms with E-state index in [1.54, 1.807) is 12.3 Å². The molecule has 1 amide bonds.